The van der Waals surface area contributed by atoms with E-state index >= 15 is 0 Å². The summed E-state index contributed by atoms with van der Waals surface area (Å²) in [7, 11) is 0. The van der Waals surface area contributed by atoms with Crippen molar-refractivity contribution >= 4 is 5.97 Å². The number of hydrogen-bond donors (Lipinski definition) is 0. The molecule has 0 saturated heterocycles. The maximum Gasteiger partial charge on any atom is 0.0715 e. The fraction of sp³-hybridized carbons (Fsp3) is 0.0714. The standard InChI is InChI=1S/C14H12O2/c1-10-4-2-5-11(8-10)12-6-3-7-13(9-12)14(15)16/h2-9H,1H3,(H,15,16)/p-1. The van der Waals surface area contributed by atoms with Gasteiger partial charge in [-0.25, -0.2) is 0 Å². The van der Waals surface area contributed by atoms with Gasteiger partial charge >= 0.3 is 0 Å². The quantitative estimate of drug-likeness (QED) is 0.762. The summed E-state index contributed by atoms with van der Waals surface area (Å²) in [4.78, 5) is 10.7. The molecule has 0 atom stereocenters. The molecular weight excluding hydrogens is 200 g/mol. The molecule has 0 bridgehead atoms. The normalized spacial score (nSPS) is 10.1. The number of aryl methyl sites for hydroxylation is 1. The van der Waals surface area contributed by atoms with Gasteiger partial charge in [-0.2, -0.15) is 0 Å². The molecule has 0 saturated carbocycles. The van der Waals surface area contributed by atoms with Gasteiger partial charge in [0.05, 0.1) is 5.97 Å². The highest BCUT2D eigenvalue weighted by molar-refractivity contribution is 5.87. The Morgan fingerprint density at radius 2 is 1.62 bits per heavy atom. The minimum absolute atomic E-state index is 0.207. The zero-order chi connectivity index (χ0) is 11.5. The van der Waals surface area contributed by atoms with Gasteiger partial charge in [-0.3, -0.25) is 0 Å². The molecule has 2 nitrogen and oxygen atoms in total. The summed E-state index contributed by atoms with van der Waals surface area (Å²) in [6, 6.07) is 14.7. The van der Waals surface area contributed by atoms with E-state index in [1.165, 1.54) is 6.07 Å². The van der Waals surface area contributed by atoms with E-state index in [-0.39, 0.29) is 5.56 Å². The van der Waals surface area contributed by atoms with E-state index in [9.17, 15) is 9.90 Å². The molecule has 2 rings (SSSR count). The number of hydrogen-bond acceptors (Lipinski definition) is 2. The third-order valence-corrected chi connectivity index (χ3v) is 2.45. The van der Waals surface area contributed by atoms with Gasteiger partial charge < -0.3 is 9.90 Å². The SMILES string of the molecule is Cc1cccc(-c2cccc(C(=O)[O-])c2)c1. The molecule has 2 aromatic rings. The topological polar surface area (TPSA) is 40.1 Å². The van der Waals surface area contributed by atoms with Crippen LogP contribution in [0.5, 0.6) is 0 Å². The van der Waals surface area contributed by atoms with Gasteiger partial charge in [0, 0.05) is 0 Å². The van der Waals surface area contributed by atoms with E-state index in [0.29, 0.717) is 0 Å². The molecule has 0 N–H and O–H groups in total. The van der Waals surface area contributed by atoms with E-state index in [4.69, 9.17) is 0 Å². The van der Waals surface area contributed by atoms with Crippen molar-refractivity contribution in [2.75, 3.05) is 0 Å². The van der Waals surface area contributed by atoms with Gasteiger partial charge in [0.2, 0.25) is 0 Å². The Labute approximate surface area is 94.2 Å². The molecule has 0 aliphatic rings. The second kappa shape index (κ2) is 4.19. The van der Waals surface area contributed by atoms with Crippen LogP contribution in [0.3, 0.4) is 0 Å². The molecule has 16 heavy (non-hydrogen) atoms. The van der Waals surface area contributed by atoms with E-state index < -0.39 is 5.97 Å². The lowest BCUT2D eigenvalue weighted by atomic mass is 10.0. The van der Waals surface area contributed by atoms with Crippen molar-refractivity contribution in [2.24, 2.45) is 0 Å². The first-order chi connectivity index (χ1) is 7.66. The molecule has 0 unspecified atom stereocenters. The summed E-state index contributed by atoms with van der Waals surface area (Å²) in [6.45, 7) is 2.01. The number of carboxylic acid groups (broad SMARTS) is 1. The zero-order valence-electron chi connectivity index (χ0n) is 8.94. The van der Waals surface area contributed by atoms with Crippen LogP contribution in [0.15, 0.2) is 48.5 Å². The summed E-state index contributed by atoms with van der Waals surface area (Å²) in [5.74, 6) is -1.14. The molecule has 0 radical (unpaired) electrons. The average Bonchev–Trinajstić information content (AvgIpc) is 2.29. The van der Waals surface area contributed by atoms with Crippen molar-refractivity contribution in [3.8, 4) is 11.1 Å². The second-order valence-electron chi connectivity index (χ2n) is 3.74. The minimum Gasteiger partial charge on any atom is -0.545 e. The second-order valence-corrected chi connectivity index (χ2v) is 3.74. The highest BCUT2D eigenvalue weighted by atomic mass is 16.4. The lowest BCUT2D eigenvalue weighted by Crippen LogP contribution is -2.22. The fourth-order valence-corrected chi connectivity index (χ4v) is 1.65. The Balaban J connectivity index is 2.48. The monoisotopic (exact) mass is 211 g/mol. The Kier molecular flexibility index (Phi) is 2.73. The number of aromatic carboxylic acids is 1. The van der Waals surface area contributed by atoms with Crippen LogP contribution in [0.25, 0.3) is 11.1 Å². The van der Waals surface area contributed by atoms with Crippen LogP contribution in [0.4, 0.5) is 0 Å². The Bertz CT molecular complexity index is 530. The maximum absolute atomic E-state index is 10.7. The van der Waals surface area contributed by atoms with Gasteiger partial charge in [-0.05, 0) is 29.7 Å². The van der Waals surface area contributed by atoms with Gasteiger partial charge in [-0.15, -0.1) is 0 Å². The molecule has 0 aromatic heterocycles. The molecule has 0 amide bonds. The first-order valence-electron chi connectivity index (χ1n) is 5.05. The summed E-state index contributed by atoms with van der Waals surface area (Å²) in [6.07, 6.45) is 0. The van der Waals surface area contributed by atoms with Crippen molar-refractivity contribution < 1.29 is 9.90 Å². The third kappa shape index (κ3) is 2.11. The number of carbonyl (C=O) groups excluding carboxylic acids is 1. The molecule has 0 fully saturated rings. The average molecular weight is 211 g/mol. The molecular formula is C14H11O2-. The number of carboxylic acids is 1. The van der Waals surface area contributed by atoms with Gasteiger partial charge in [-0.1, -0.05) is 48.0 Å². The van der Waals surface area contributed by atoms with Crippen molar-refractivity contribution in [3.63, 3.8) is 0 Å². The highest BCUT2D eigenvalue weighted by Crippen LogP contribution is 2.21. The zero-order valence-corrected chi connectivity index (χ0v) is 8.94. The Hall–Kier alpha value is -2.09. The molecule has 0 heterocycles. The number of benzene rings is 2. The van der Waals surface area contributed by atoms with E-state index in [1.54, 1.807) is 12.1 Å². The summed E-state index contributed by atoms with van der Waals surface area (Å²) >= 11 is 0. The first-order valence-corrected chi connectivity index (χ1v) is 5.05. The predicted octanol–water partition coefficient (Wildman–Crippen LogP) is 2.03. The van der Waals surface area contributed by atoms with Gasteiger partial charge in [0.25, 0.3) is 0 Å². The van der Waals surface area contributed by atoms with Crippen LogP contribution in [0.1, 0.15) is 15.9 Å². The Morgan fingerprint density at radius 1 is 1.00 bits per heavy atom. The van der Waals surface area contributed by atoms with Crippen LogP contribution in [0, 0.1) is 6.92 Å². The minimum atomic E-state index is -1.14. The molecule has 0 aliphatic carbocycles. The van der Waals surface area contributed by atoms with Crippen molar-refractivity contribution in [2.45, 2.75) is 6.92 Å². The van der Waals surface area contributed by atoms with Gasteiger partial charge in [0.1, 0.15) is 0 Å². The van der Waals surface area contributed by atoms with Crippen LogP contribution in [-0.4, -0.2) is 5.97 Å². The third-order valence-electron chi connectivity index (χ3n) is 2.45. The largest absolute Gasteiger partial charge is 0.545 e. The summed E-state index contributed by atoms with van der Waals surface area (Å²) in [5.41, 5.74) is 3.27. The highest BCUT2D eigenvalue weighted by Gasteiger charge is 1.99. The van der Waals surface area contributed by atoms with Crippen molar-refractivity contribution in [1.82, 2.24) is 0 Å². The number of rotatable bonds is 2. The van der Waals surface area contributed by atoms with Crippen LogP contribution < -0.4 is 5.11 Å². The predicted molar refractivity (Wildman–Crippen MR) is 60.9 cm³/mol. The lowest BCUT2D eigenvalue weighted by molar-refractivity contribution is -0.255. The smallest absolute Gasteiger partial charge is 0.0715 e. The Morgan fingerprint density at radius 3 is 2.25 bits per heavy atom. The van der Waals surface area contributed by atoms with Gasteiger partial charge in [0.15, 0.2) is 0 Å². The first kappa shape index (κ1) is 10.4. The van der Waals surface area contributed by atoms with E-state index in [1.807, 2.05) is 37.3 Å². The molecule has 0 aliphatic heterocycles. The van der Waals surface area contributed by atoms with Crippen LogP contribution in [0.2, 0.25) is 0 Å². The van der Waals surface area contributed by atoms with E-state index in [0.717, 1.165) is 16.7 Å². The molecule has 80 valence electrons. The lowest BCUT2D eigenvalue weighted by Gasteiger charge is -2.06. The van der Waals surface area contributed by atoms with Crippen LogP contribution >= 0.6 is 0 Å². The summed E-state index contributed by atoms with van der Waals surface area (Å²) in [5, 5.41) is 10.7. The summed E-state index contributed by atoms with van der Waals surface area (Å²) < 4.78 is 0. The maximum atomic E-state index is 10.7. The van der Waals surface area contributed by atoms with E-state index in [2.05, 4.69) is 0 Å². The fourth-order valence-electron chi connectivity index (χ4n) is 1.65. The van der Waals surface area contributed by atoms with Crippen LogP contribution in [-0.2, 0) is 0 Å². The van der Waals surface area contributed by atoms with Crippen molar-refractivity contribution in [3.05, 3.63) is 59.7 Å². The molecule has 2 aromatic carbocycles. The molecule has 2 heteroatoms. The van der Waals surface area contributed by atoms with Crippen molar-refractivity contribution in [1.29, 1.82) is 0 Å². The molecule has 0 spiro atoms. The number of carbonyl (C=O) groups is 1.